The molecule has 3 aliphatic heterocycles. The molecule has 6 heteroatoms. The van der Waals surface area contributed by atoms with Gasteiger partial charge in [0.05, 0.1) is 19.8 Å². The highest BCUT2D eigenvalue weighted by Gasteiger charge is 2.38. The van der Waals surface area contributed by atoms with Crippen molar-refractivity contribution < 1.29 is 14.3 Å². The quantitative estimate of drug-likeness (QED) is 0.820. The van der Waals surface area contributed by atoms with Crippen molar-refractivity contribution in [3.05, 3.63) is 0 Å². The first-order valence-electron chi connectivity index (χ1n) is 7.57. The number of carbonyl (C=O) groups is 1. The van der Waals surface area contributed by atoms with Crippen LogP contribution in [-0.4, -0.2) is 62.4 Å². The average Bonchev–Trinajstić information content (AvgIpc) is 2.98. The molecule has 1 amide bonds. The Balaban J connectivity index is 0.00000147. The van der Waals surface area contributed by atoms with Gasteiger partial charge >= 0.3 is 0 Å². The Bertz CT molecular complexity index is 318. The van der Waals surface area contributed by atoms with E-state index in [0.29, 0.717) is 31.8 Å². The number of nitrogens with zero attached hydrogens (tertiary/aromatic N) is 1. The highest BCUT2D eigenvalue weighted by molar-refractivity contribution is 5.85. The van der Waals surface area contributed by atoms with Gasteiger partial charge in [0.15, 0.2) is 6.10 Å². The summed E-state index contributed by atoms with van der Waals surface area (Å²) < 4.78 is 10.9. The van der Waals surface area contributed by atoms with Crippen molar-refractivity contribution in [2.75, 3.05) is 39.5 Å². The Morgan fingerprint density at radius 3 is 2.65 bits per heavy atom. The van der Waals surface area contributed by atoms with Gasteiger partial charge < -0.3 is 19.7 Å². The monoisotopic (exact) mass is 304 g/mol. The maximum absolute atomic E-state index is 12.6. The fraction of sp³-hybridized carbons (Fsp3) is 0.929. The molecule has 3 rings (SSSR count). The van der Waals surface area contributed by atoms with Crippen LogP contribution in [0.5, 0.6) is 0 Å². The standard InChI is InChI=1S/C14H24N2O3.ClH/c17-14(13-10-18-8-9-19-13)16-7-1-2-12(16)11-3-5-15-6-4-11;/h11-13,15H,1-10H2;1H. The first-order chi connectivity index (χ1) is 9.36. The largest absolute Gasteiger partial charge is 0.376 e. The molecule has 2 atom stereocenters. The number of hydrogen-bond donors (Lipinski definition) is 1. The van der Waals surface area contributed by atoms with Crippen molar-refractivity contribution in [2.24, 2.45) is 5.92 Å². The number of ether oxygens (including phenoxy) is 2. The Kier molecular flexibility index (Phi) is 6.08. The minimum absolute atomic E-state index is 0. The summed E-state index contributed by atoms with van der Waals surface area (Å²) in [6.07, 6.45) is 4.31. The minimum Gasteiger partial charge on any atom is -0.376 e. The Labute approximate surface area is 126 Å². The molecule has 0 spiro atoms. The van der Waals surface area contributed by atoms with Gasteiger partial charge in [0.25, 0.3) is 5.91 Å². The third kappa shape index (κ3) is 3.45. The molecule has 3 aliphatic rings. The molecule has 0 radical (unpaired) electrons. The zero-order valence-electron chi connectivity index (χ0n) is 11.9. The van der Waals surface area contributed by atoms with Gasteiger partial charge in [0.1, 0.15) is 0 Å². The van der Waals surface area contributed by atoms with Crippen LogP contribution in [0.1, 0.15) is 25.7 Å². The summed E-state index contributed by atoms with van der Waals surface area (Å²) in [5.41, 5.74) is 0. The molecule has 0 aromatic heterocycles. The molecule has 2 unspecified atom stereocenters. The van der Waals surface area contributed by atoms with Gasteiger partial charge in [-0.15, -0.1) is 12.4 Å². The fourth-order valence-corrected chi connectivity index (χ4v) is 3.60. The number of likely N-dealkylation sites (tertiary alicyclic amines) is 1. The Morgan fingerprint density at radius 1 is 1.15 bits per heavy atom. The van der Waals surface area contributed by atoms with Crippen LogP contribution >= 0.6 is 12.4 Å². The molecular weight excluding hydrogens is 280 g/mol. The summed E-state index contributed by atoms with van der Waals surface area (Å²) in [7, 11) is 0. The van der Waals surface area contributed by atoms with Crippen LogP contribution in [-0.2, 0) is 14.3 Å². The number of hydrogen-bond acceptors (Lipinski definition) is 4. The van der Waals surface area contributed by atoms with E-state index in [1.807, 2.05) is 0 Å². The lowest BCUT2D eigenvalue weighted by Crippen LogP contribution is -2.50. The van der Waals surface area contributed by atoms with Gasteiger partial charge in [-0.3, -0.25) is 4.79 Å². The number of carbonyl (C=O) groups excluding carboxylic acids is 1. The Hall–Kier alpha value is -0.360. The zero-order valence-corrected chi connectivity index (χ0v) is 12.7. The molecule has 5 nitrogen and oxygen atoms in total. The second-order valence-corrected chi connectivity index (χ2v) is 5.76. The van der Waals surface area contributed by atoms with Crippen molar-refractivity contribution in [3.63, 3.8) is 0 Å². The van der Waals surface area contributed by atoms with Crippen LogP contribution in [0.25, 0.3) is 0 Å². The van der Waals surface area contributed by atoms with Gasteiger partial charge in [0.2, 0.25) is 0 Å². The first-order valence-corrected chi connectivity index (χ1v) is 7.57. The molecule has 0 aromatic carbocycles. The van der Waals surface area contributed by atoms with Gasteiger partial charge in [-0.05, 0) is 44.7 Å². The van der Waals surface area contributed by atoms with E-state index >= 15 is 0 Å². The third-order valence-corrected chi connectivity index (χ3v) is 4.60. The highest BCUT2D eigenvalue weighted by atomic mass is 35.5. The summed E-state index contributed by atoms with van der Waals surface area (Å²) in [4.78, 5) is 14.6. The minimum atomic E-state index is -0.365. The van der Waals surface area contributed by atoms with Crippen molar-refractivity contribution in [3.8, 4) is 0 Å². The molecule has 0 saturated carbocycles. The van der Waals surface area contributed by atoms with Crippen molar-refractivity contribution in [1.82, 2.24) is 10.2 Å². The number of amides is 1. The average molecular weight is 305 g/mol. The number of halogens is 1. The first kappa shape index (κ1) is 16.0. The van der Waals surface area contributed by atoms with Gasteiger partial charge in [-0.2, -0.15) is 0 Å². The molecule has 0 aromatic rings. The Morgan fingerprint density at radius 2 is 1.95 bits per heavy atom. The smallest absolute Gasteiger partial charge is 0.254 e. The molecule has 1 N–H and O–H groups in total. The maximum atomic E-state index is 12.6. The van der Waals surface area contributed by atoms with Crippen LogP contribution in [0, 0.1) is 5.92 Å². The number of piperidine rings is 1. The third-order valence-electron chi connectivity index (χ3n) is 4.60. The van der Waals surface area contributed by atoms with E-state index < -0.39 is 0 Å². The van der Waals surface area contributed by atoms with Crippen molar-refractivity contribution >= 4 is 18.3 Å². The van der Waals surface area contributed by atoms with Crippen LogP contribution in [0.15, 0.2) is 0 Å². The van der Waals surface area contributed by atoms with Crippen molar-refractivity contribution in [2.45, 2.75) is 37.8 Å². The van der Waals surface area contributed by atoms with E-state index in [9.17, 15) is 4.79 Å². The maximum Gasteiger partial charge on any atom is 0.254 e. The predicted octanol–water partition coefficient (Wildman–Crippen LogP) is 0.814. The summed E-state index contributed by atoms with van der Waals surface area (Å²) >= 11 is 0. The van der Waals surface area contributed by atoms with Crippen LogP contribution in [0.4, 0.5) is 0 Å². The molecule has 20 heavy (non-hydrogen) atoms. The topological polar surface area (TPSA) is 50.8 Å². The van der Waals surface area contributed by atoms with E-state index in [4.69, 9.17) is 9.47 Å². The second kappa shape index (κ2) is 7.59. The summed E-state index contributed by atoms with van der Waals surface area (Å²) in [6.45, 7) is 4.66. The van der Waals surface area contributed by atoms with E-state index in [1.54, 1.807) is 0 Å². The highest BCUT2D eigenvalue weighted by Crippen LogP contribution is 2.30. The number of rotatable bonds is 2. The van der Waals surface area contributed by atoms with Crippen LogP contribution < -0.4 is 5.32 Å². The van der Waals surface area contributed by atoms with Gasteiger partial charge in [-0.25, -0.2) is 0 Å². The fourth-order valence-electron chi connectivity index (χ4n) is 3.60. The molecule has 0 bridgehead atoms. The van der Waals surface area contributed by atoms with Gasteiger partial charge in [0, 0.05) is 12.6 Å². The summed E-state index contributed by atoms with van der Waals surface area (Å²) in [5.74, 6) is 0.818. The van der Waals surface area contributed by atoms with Gasteiger partial charge in [-0.1, -0.05) is 0 Å². The normalized spacial score (nSPS) is 31.9. The van der Waals surface area contributed by atoms with E-state index in [0.717, 1.165) is 32.5 Å². The van der Waals surface area contributed by atoms with Crippen LogP contribution in [0.2, 0.25) is 0 Å². The lowest BCUT2D eigenvalue weighted by atomic mass is 9.88. The lowest BCUT2D eigenvalue weighted by Gasteiger charge is -2.36. The molecular formula is C14H25ClN2O3. The van der Waals surface area contributed by atoms with E-state index in [1.165, 1.54) is 12.8 Å². The predicted molar refractivity (Wildman–Crippen MR) is 78.1 cm³/mol. The molecule has 3 heterocycles. The molecule has 3 fully saturated rings. The summed E-state index contributed by atoms with van der Waals surface area (Å²) in [5, 5.41) is 3.40. The molecule has 3 saturated heterocycles. The number of nitrogens with one attached hydrogen (secondary N) is 1. The van der Waals surface area contributed by atoms with E-state index in [-0.39, 0.29) is 24.4 Å². The van der Waals surface area contributed by atoms with Crippen LogP contribution in [0.3, 0.4) is 0 Å². The SMILES string of the molecule is Cl.O=C(C1COCCO1)N1CCCC1C1CCNCC1. The lowest BCUT2D eigenvalue weighted by molar-refractivity contribution is -0.159. The summed E-state index contributed by atoms with van der Waals surface area (Å²) in [6, 6.07) is 0.431. The van der Waals surface area contributed by atoms with E-state index in [2.05, 4.69) is 10.2 Å². The second-order valence-electron chi connectivity index (χ2n) is 5.76. The molecule has 116 valence electrons. The van der Waals surface area contributed by atoms with Crippen molar-refractivity contribution in [1.29, 1.82) is 0 Å². The zero-order chi connectivity index (χ0) is 13.1. The molecule has 0 aliphatic carbocycles.